The third kappa shape index (κ3) is 3.43. The minimum Gasteiger partial charge on any atom is -0.287 e. The largest absolute Gasteiger partial charge is 0.287 e. The van der Waals surface area contributed by atoms with E-state index in [9.17, 15) is 4.79 Å². The molecule has 0 aliphatic carbocycles. The summed E-state index contributed by atoms with van der Waals surface area (Å²) in [4.78, 5) is 24.4. The van der Waals surface area contributed by atoms with Crippen LogP contribution >= 0.6 is 34.4 Å². The SMILES string of the molecule is Cc1nc(CSc2nc3sc(C)c(C)c3c(=O)n2CC(C)C)cs1. The Morgan fingerprint density at radius 1 is 1.25 bits per heavy atom. The van der Waals surface area contributed by atoms with Crippen molar-refractivity contribution in [3.63, 3.8) is 0 Å². The van der Waals surface area contributed by atoms with Crippen molar-refractivity contribution >= 4 is 44.7 Å². The first-order chi connectivity index (χ1) is 11.4. The lowest BCUT2D eigenvalue weighted by Gasteiger charge is -2.13. The average molecular weight is 380 g/mol. The highest BCUT2D eigenvalue weighted by Crippen LogP contribution is 2.29. The first-order valence-corrected chi connectivity index (χ1v) is 10.6. The molecule has 0 unspecified atom stereocenters. The van der Waals surface area contributed by atoms with E-state index in [1.54, 1.807) is 34.4 Å². The number of thiophene rings is 1. The van der Waals surface area contributed by atoms with Crippen LogP contribution in [0.5, 0.6) is 0 Å². The second kappa shape index (κ2) is 6.98. The minimum atomic E-state index is 0.0903. The predicted octanol–water partition coefficient (Wildman–Crippen LogP) is 4.79. The molecule has 0 atom stereocenters. The van der Waals surface area contributed by atoms with E-state index < -0.39 is 0 Å². The Morgan fingerprint density at radius 3 is 2.62 bits per heavy atom. The van der Waals surface area contributed by atoms with Gasteiger partial charge in [0.1, 0.15) is 4.83 Å². The fourth-order valence-corrected chi connectivity index (χ4v) is 5.25. The van der Waals surface area contributed by atoms with E-state index in [1.165, 1.54) is 4.88 Å². The van der Waals surface area contributed by atoms with E-state index in [-0.39, 0.29) is 5.56 Å². The van der Waals surface area contributed by atoms with E-state index in [0.29, 0.717) is 12.5 Å². The monoisotopic (exact) mass is 379 g/mol. The van der Waals surface area contributed by atoms with Crippen molar-refractivity contribution < 1.29 is 0 Å². The van der Waals surface area contributed by atoms with Gasteiger partial charge >= 0.3 is 0 Å². The molecule has 3 aromatic heterocycles. The first kappa shape index (κ1) is 17.6. The maximum atomic E-state index is 13.0. The molecule has 24 heavy (non-hydrogen) atoms. The molecule has 0 amide bonds. The number of hydrogen-bond acceptors (Lipinski definition) is 6. The molecular formula is C17H21N3OS3. The molecule has 0 saturated carbocycles. The summed E-state index contributed by atoms with van der Waals surface area (Å²) in [7, 11) is 0. The molecule has 0 aromatic carbocycles. The molecule has 0 fully saturated rings. The van der Waals surface area contributed by atoms with E-state index in [0.717, 1.165) is 37.4 Å². The zero-order valence-electron chi connectivity index (χ0n) is 14.5. The van der Waals surface area contributed by atoms with Crippen LogP contribution in [-0.4, -0.2) is 14.5 Å². The Morgan fingerprint density at radius 2 is 2.00 bits per heavy atom. The Hall–Kier alpha value is -1.18. The predicted molar refractivity (Wildman–Crippen MR) is 105 cm³/mol. The van der Waals surface area contributed by atoms with Crippen molar-refractivity contribution in [2.45, 2.75) is 52.1 Å². The molecule has 128 valence electrons. The molecule has 0 bridgehead atoms. The molecule has 3 rings (SSSR count). The molecule has 0 N–H and O–H groups in total. The maximum Gasteiger partial charge on any atom is 0.263 e. The van der Waals surface area contributed by atoms with Gasteiger partial charge in [0, 0.05) is 22.6 Å². The number of fused-ring (bicyclic) bond motifs is 1. The second-order valence-corrected chi connectivity index (χ2v) is 9.52. The molecule has 0 spiro atoms. The van der Waals surface area contributed by atoms with E-state index in [1.807, 2.05) is 18.4 Å². The Labute approximate surface area is 154 Å². The number of thiazole rings is 1. The first-order valence-electron chi connectivity index (χ1n) is 7.91. The van der Waals surface area contributed by atoms with Gasteiger partial charge in [0.15, 0.2) is 5.16 Å². The molecule has 0 radical (unpaired) electrons. The van der Waals surface area contributed by atoms with Crippen LogP contribution in [-0.2, 0) is 12.3 Å². The Balaban J connectivity index is 2.05. The topological polar surface area (TPSA) is 47.8 Å². The molecular weight excluding hydrogens is 358 g/mol. The zero-order valence-corrected chi connectivity index (χ0v) is 17.0. The van der Waals surface area contributed by atoms with Crippen LogP contribution < -0.4 is 5.56 Å². The number of thioether (sulfide) groups is 1. The normalized spacial score (nSPS) is 11.8. The lowest BCUT2D eigenvalue weighted by molar-refractivity contribution is 0.475. The second-order valence-electron chi connectivity index (χ2n) is 6.31. The van der Waals surface area contributed by atoms with Gasteiger partial charge in [-0.2, -0.15) is 0 Å². The number of nitrogens with zero attached hydrogens (tertiary/aromatic N) is 3. The number of aromatic nitrogens is 3. The summed E-state index contributed by atoms with van der Waals surface area (Å²) in [5.41, 5.74) is 2.20. The molecule has 7 heteroatoms. The van der Waals surface area contributed by atoms with Crippen LogP contribution in [0.15, 0.2) is 15.3 Å². The number of hydrogen-bond donors (Lipinski definition) is 0. The van der Waals surface area contributed by atoms with E-state index in [2.05, 4.69) is 31.1 Å². The van der Waals surface area contributed by atoms with Gasteiger partial charge in [-0.05, 0) is 32.3 Å². The number of aryl methyl sites for hydroxylation is 3. The summed E-state index contributed by atoms with van der Waals surface area (Å²) in [6.07, 6.45) is 0. The van der Waals surface area contributed by atoms with Crippen molar-refractivity contribution in [2.75, 3.05) is 0 Å². The van der Waals surface area contributed by atoms with Crippen molar-refractivity contribution in [3.8, 4) is 0 Å². The summed E-state index contributed by atoms with van der Waals surface area (Å²) in [6.45, 7) is 11.0. The molecule has 3 heterocycles. The van der Waals surface area contributed by atoms with Crippen LogP contribution in [0.3, 0.4) is 0 Å². The standard InChI is InChI=1S/C17H21N3OS3/c1-9(2)6-20-16(21)14-10(3)11(4)24-15(14)19-17(20)23-8-13-7-22-12(5)18-13/h7,9H,6,8H2,1-5H3. The van der Waals surface area contributed by atoms with Crippen molar-refractivity contribution in [3.05, 3.63) is 36.9 Å². The molecule has 0 aliphatic rings. The highest BCUT2D eigenvalue weighted by molar-refractivity contribution is 7.98. The maximum absolute atomic E-state index is 13.0. The summed E-state index contributed by atoms with van der Waals surface area (Å²) in [6, 6.07) is 0. The quantitative estimate of drug-likeness (QED) is 0.472. The van der Waals surface area contributed by atoms with Gasteiger partial charge in [0.05, 0.1) is 16.1 Å². The van der Waals surface area contributed by atoms with Gasteiger partial charge in [0.2, 0.25) is 0 Å². The fourth-order valence-electron chi connectivity index (χ4n) is 2.56. The molecule has 0 saturated heterocycles. The van der Waals surface area contributed by atoms with E-state index >= 15 is 0 Å². The Kier molecular flexibility index (Phi) is 5.13. The van der Waals surface area contributed by atoms with Crippen molar-refractivity contribution in [2.24, 2.45) is 5.92 Å². The lowest BCUT2D eigenvalue weighted by atomic mass is 10.2. The summed E-state index contributed by atoms with van der Waals surface area (Å²) in [5.74, 6) is 1.13. The van der Waals surface area contributed by atoms with Gasteiger partial charge in [0.25, 0.3) is 5.56 Å². The third-order valence-corrected chi connectivity index (χ3v) is 6.75. The molecule has 4 nitrogen and oxygen atoms in total. The fraction of sp³-hybridized carbons (Fsp3) is 0.471. The van der Waals surface area contributed by atoms with Crippen LogP contribution in [0.4, 0.5) is 0 Å². The summed E-state index contributed by atoms with van der Waals surface area (Å²) in [5, 5.41) is 4.73. The molecule has 0 aliphatic heterocycles. The third-order valence-electron chi connectivity index (χ3n) is 3.82. The summed E-state index contributed by atoms with van der Waals surface area (Å²) < 4.78 is 1.84. The highest BCUT2D eigenvalue weighted by Gasteiger charge is 2.17. The lowest BCUT2D eigenvalue weighted by Crippen LogP contribution is -2.25. The zero-order chi connectivity index (χ0) is 17.4. The highest BCUT2D eigenvalue weighted by atomic mass is 32.2. The van der Waals surface area contributed by atoms with Crippen LogP contribution in [0.25, 0.3) is 10.2 Å². The van der Waals surface area contributed by atoms with Gasteiger partial charge in [-0.3, -0.25) is 9.36 Å². The van der Waals surface area contributed by atoms with E-state index in [4.69, 9.17) is 4.98 Å². The summed E-state index contributed by atoms with van der Waals surface area (Å²) >= 11 is 4.87. The van der Waals surface area contributed by atoms with Crippen molar-refractivity contribution in [1.82, 2.24) is 14.5 Å². The van der Waals surface area contributed by atoms with Crippen molar-refractivity contribution in [1.29, 1.82) is 0 Å². The molecule has 3 aromatic rings. The number of rotatable bonds is 5. The van der Waals surface area contributed by atoms with Gasteiger partial charge < -0.3 is 0 Å². The Bertz CT molecular complexity index is 937. The van der Waals surface area contributed by atoms with Gasteiger partial charge in [-0.1, -0.05) is 25.6 Å². The van der Waals surface area contributed by atoms with Crippen LogP contribution in [0, 0.1) is 26.7 Å². The van der Waals surface area contributed by atoms with Crippen LogP contribution in [0.2, 0.25) is 0 Å². The average Bonchev–Trinajstić information content (AvgIpc) is 3.04. The minimum absolute atomic E-state index is 0.0903. The van der Waals surface area contributed by atoms with Gasteiger partial charge in [-0.25, -0.2) is 9.97 Å². The van der Waals surface area contributed by atoms with Gasteiger partial charge in [-0.15, -0.1) is 22.7 Å². The smallest absolute Gasteiger partial charge is 0.263 e. The van der Waals surface area contributed by atoms with Crippen LogP contribution in [0.1, 0.15) is 35.0 Å².